The van der Waals surface area contributed by atoms with Crippen LogP contribution < -0.4 is 5.73 Å². The maximum atomic E-state index is 10.9. The Kier molecular flexibility index (Phi) is 1.98. The molecule has 2 rings (SSSR count). The van der Waals surface area contributed by atoms with Gasteiger partial charge in [0.15, 0.2) is 0 Å². The highest BCUT2D eigenvalue weighted by molar-refractivity contribution is 5.93. The molecule has 0 bridgehead atoms. The van der Waals surface area contributed by atoms with E-state index in [1.165, 1.54) is 30.8 Å². The van der Waals surface area contributed by atoms with E-state index in [0.29, 0.717) is 17.1 Å². The molecule has 2 N–H and O–H groups in total. The fourth-order valence-corrected chi connectivity index (χ4v) is 1.05. The van der Waals surface area contributed by atoms with Crippen LogP contribution in [0.1, 0.15) is 10.4 Å². The van der Waals surface area contributed by atoms with E-state index in [2.05, 4.69) is 9.97 Å². The molecular formula is C9H7N3O2. The zero-order valence-corrected chi connectivity index (χ0v) is 7.18. The minimum atomic E-state index is -0.500. The van der Waals surface area contributed by atoms with Crippen molar-refractivity contribution in [3.8, 4) is 11.6 Å². The van der Waals surface area contributed by atoms with Crippen LogP contribution in [-0.4, -0.2) is 15.9 Å². The lowest BCUT2D eigenvalue weighted by Gasteiger charge is -1.96. The van der Waals surface area contributed by atoms with Gasteiger partial charge in [0.2, 0.25) is 11.8 Å². The predicted molar refractivity (Wildman–Crippen MR) is 48.3 cm³/mol. The van der Waals surface area contributed by atoms with Crippen LogP contribution in [0.5, 0.6) is 0 Å². The lowest BCUT2D eigenvalue weighted by molar-refractivity contribution is 0.1000. The van der Waals surface area contributed by atoms with Gasteiger partial charge in [-0.3, -0.25) is 9.78 Å². The smallest absolute Gasteiger partial charge is 0.248 e. The molecular weight excluding hydrogens is 182 g/mol. The Morgan fingerprint density at radius 2 is 2.21 bits per heavy atom. The summed E-state index contributed by atoms with van der Waals surface area (Å²) in [5, 5.41) is 0. The lowest BCUT2D eigenvalue weighted by Crippen LogP contribution is -2.10. The summed E-state index contributed by atoms with van der Waals surface area (Å²) in [6, 6.07) is 3.07. The number of hydrogen-bond donors (Lipinski definition) is 1. The van der Waals surface area contributed by atoms with E-state index in [9.17, 15) is 4.79 Å². The van der Waals surface area contributed by atoms with Gasteiger partial charge in [-0.05, 0) is 12.1 Å². The van der Waals surface area contributed by atoms with Gasteiger partial charge < -0.3 is 10.2 Å². The van der Waals surface area contributed by atoms with E-state index in [-0.39, 0.29) is 0 Å². The second-order valence-corrected chi connectivity index (χ2v) is 2.63. The Balaban J connectivity index is 2.46. The van der Waals surface area contributed by atoms with Crippen LogP contribution in [0.4, 0.5) is 0 Å². The van der Waals surface area contributed by atoms with E-state index >= 15 is 0 Å². The molecule has 0 saturated carbocycles. The number of nitrogens with zero attached hydrogens (tertiary/aromatic N) is 2. The largest absolute Gasteiger partial charge is 0.443 e. The van der Waals surface area contributed by atoms with Crippen molar-refractivity contribution in [1.82, 2.24) is 9.97 Å². The Morgan fingerprint density at radius 3 is 2.86 bits per heavy atom. The monoisotopic (exact) mass is 189 g/mol. The van der Waals surface area contributed by atoms with Crippen molar-refractivity contribution in [1.29, 1.82) is 0 Å². The summed E-state index contributed by atoms with van der Waals surface area (Å²) in [6.07, 6.45) is 4.43. The summed E-state index contributed by atoms with van der Waals surface area (Å²) in [7, 11) is 0. The fourth-order valence-electron chi connectivity index (χ4n) is 1.05. The third-order valence-corrected chi connectivity index (χ3v) is 1.70. The third-order valence-electron chi connectivity index (χ3n) is 1.70. The number of rotatable bonds is 2. The maximum Gasteiger partial charge on any atom is 0.248 e. The van der Waals surface area contributed by atoms with Gasteiger partial charge in [-0.2, -0.15) is 0 Å². The summed E-state index contributed by atoms with van der Waals surface area (Å²) < 4.78 is 5.03. The van der Waals surface area contributed by atoms with E-state index < -0.39 is 5.91 Å². The molecule has 0 aromatic carbocycles. The molecule has 1 amide bonds. The Bertz CT molecular complexity index is 451. The number of nitrogens with two attached hydrogens (primary N) is 1. The van der Waals surface area contributed by atoms with Crippen molar-refractivity contribution in [2.24, 2.45) is 5.73 Å². The Hall–Kier alpha value is -2.17. The van der Waals surface area contributed by atoms with Crippen molar-refractivity contribution in [2.75, 3.05) is 0 Å². The molecule has 0 aliphatic rings. The molecule has 2 aromatic heterocycles. The van der Waals surface area contributed by atoms with E-state index in [1.54, 1.807) is 0 Å². The van der Waals surface area contributed by atoms with Crippen LogP contribution in [-0.2, 0) is 0 Å². The van der Waals surface area contributed by atoms with Gasteiger partial charge in [0.1, 0.15) is 12.0 Å². The van der Waals surface area contributed by atoms with Crippen molar-refractivity contribution in [3.05, 3.63) is 36.4 Å². The number of aromatic nitrogens is 2. The van der Waals surface area contributed by atoms with E-state index in [0.717, 1.165) is 0 Å². The Labute approximate surface area is 79.6 Å². The molecule has 5 heteroatoms. The van der Waals surface area contributed by atoms with Gasteiger partial charge in [0, 0.05) is 11.8 Å². The van der Waals surface area contributed by atoms with Crippen molar-refractivity contribution >= 4 is 5.91 Å². The lowest BCUT2D eigenvalue weighted by atomic mass is 10.2. The summed E-state index contributed by atoms with van der Waals surface area (Å²) in [5.41, 5.74) is 5.99. The molecule has 0 spiro atoms. The molecule has 0 unspecified atom stereocenters. The maximum absolute atomic E-state index is 10.9. The second kappa shape index (κ2) is 3.29. The van der Waals surface area contributed by atoms with Crippen LogP contribution >= 0.6 is 0 Å². The highest BCUT2D eigenvalue weighted by atomic mass is 16.3. The molecule has 0 aliphatic heterocycles. The molecule has 2 heterocycles. The third kappa shape index (κ3) is 1.47. The molecule has 14 heavy (non-hydrogen) atoms. The Morgan fingerprint density at radius 1 is 1.36 bits per heavy atom. The zero-order valence-electron chi connectivity index (χ0n) is 7.18. The first-order valence-electron chi connectivity index (χ1n) is 3.93. The first kappa shape index (κ1) is 8.43. The van der Waals surface area contributed by atoms with Crippen LogP contribution in [0.15, 0.2) is 35.2 Å². The minimum Gasteiger partial charge on any atom is -0.443 e. The van der Waals surface area contributed by atoms with Gasteiger partial charge in [-0.1, -0.05) is 0 Å². The number of pyridine rings is 1. The molecule has 0 radical (unpaired) electrons. The SMILES string of the molecule is NC(=O)c1ccnc(-c2ncco2)c1. The predicted octanol–water partition coefficient (Wildman–Crippen LogP) is 0.835. The first-order valence-corrected chi connectivity index (χ1v) is 3.93. The number of carbonyl (C=O) groups excluding carboxylic acids is 1. The van der Waals surface area contributed by atoms with E-state index in [4.69, 9.17) is 10.2 Å². The van der Waals surface area contributed by atoms with Crippen LogP contribution in [0.2, 0.25) is 0 Å². The zero-order chi connectivity index (χ0) is 9.97. The molecule has 2 aromatic rings. The van der Waals surface area contributed by atoms with E-state index in [1.807, 2.05) is 0 Å². The topological polar surface area (TPSA) is 82.0 Å². The molecule has 0 atom stereocenters. The molecule has 0 saturated heterocycles. The first-order chi connectivity index (χ1) is 6.77. The highest BCUT2D eigenvalue weighted by Gasteiger charge is 2.06. The molecule has 0 aliphatic carbocycles. The summed E-state index contributed by atoms with van der Waals surface area (Å²) >= 11 is 0. The van der Waals surface area contributed by atoms with Crippen molar-refractivity contribution in [2.45, 2.75) is 0 Å². The number of hydrogen-bond acceptors (Lipinski definition) is 4. The highest BCUT2D eigenvalue weighted by Crippen LogP contribution is 2.14. The normalized spacial score (nSPS) is 10.0. The molecule has 0 fully saturated rings. The summed E-state index contributed by atoms with van der Waals surface area (Å²) in [5.74, 6) is -0.131. The average molecular weight is 189 g/mol. The minimum absolute atomic E-state index is 0.369. The van der Waals surface area contributed by atoms with Gasteiger partial charge >= 0.3 is 0 Å². The molecule has 5 nitrogen and oxygen atoms in total. The number of amides is 1. The number of oxazole rings is 1. The van der Waals surface area contributed by atoms with Gasteiger partial charge in [0.25, 0.3) is 0 Å². The standard InChI is InChI=1S/C9H7N3O2/c10-8(13)6-1-2-11-7(5-6)9-12-3-4-14-9/h1-5H,(H2,10,13). The number of primary amides is 1. The van der Waals surface area contributed by atoms with Crippen molar-refractivity contribution < 1.29 is 9.21 Å². The fraction of sp³-hybridized carbons (Fsp3) is 0. The summed E-state index contributed by atoms with van der Waals surface area (Å²) in [4.78, 5) is 18.8. The molecule has 70 valence electrons. The van der Waals surface area contributed by atoms with Crippen molar-refractivity contribution in [3.63, 3.8) is 0 Å². The van der Waals surface area contributed by atoms with Crippen LogP contribution in [0.25, 0.3) is 11.6 Å². The summed E-state index contributed by atoms with van der Waals surface area (Å²) in [6.45, 7) is 0. The van der Waals surface area contributed by atoms with Crippen LogP contribution in [0.3, 0.4) is 0 Å². The van der Waals surface area contributed by atoms with Gasteiger partial charge in [-0.25, -0.2) is 4.98 Å². The number of carbonyl (C=O) groups is 1. The van der Waals surface area contributed by atoms with Crippen LogP contribution in [0, 0.1) is 0 Å². The quantitative estimate of drug-likeness (QED) is 0.758. The second-order valence-electron chi connectivity index (χ2n) is 2.63. The van der Waals surface area contributed by atoms with Gasteiger partial charge in [0.05, 0.1) is 6.20 Å². The average Bonchev–Trinajstić information content (AvgIpc) is 2.71. The van der Waals surface area contributed by atoms with Gasteiger partial charge in [-0.15, -0.1) is 0 Å².